The van der Waals surface area contributed by atoms with Crippen LogP contribution in [-0.2, 0) is 14.8 Å². The third kappa shape index (κ3) is 4.11. The summed E-state index contributed by atoms with van der Waals surface area (Å²) in [6.45, 7) is 1.96. The molecular weight excluding hydrogens is 333 g/mol. The summed E-state index contributed by atoms with van der Waals surface area (Å²) < 4.78 is 51.0. The zero-order chi connectivity index (χ0) is 17.7. The Morgan fingerprint density at radius 1 is 1.17 bits per heavy atom. The molecule has 1 N–H and O–H groups in total. The highest BCUT2D eigenvalue weighted by molar-refractivity contribution is 7.89. The lowest BCUT2D eigenvalue weighted by atomic mass is 10.0. The second kappa shape index (κ2) is 7.74. The molecule has 130 valence electrons. The maximum absolute atomic E-state index is 13.7. The number of hydrogen-bond acceptors (Lipinski definition) is 4. The van der Waals surface area contributed by atoms with Crippen molar-refractivity contribution in [1.29, 1.82) is 0 Å². The highest BCUT2D eigenvalue weighted by Crippen LogP contribution is 2.22. The van der Waals surface area contributed by atoms with Crippen LogP contribution < -0.4 is 9.46 Å². The second-order valence-corrected chi connectivity index (χ2v) is 7.00. The normalized spacial score (nSPS) is 12.8. The molecule has 0 fully saturated rings. The first kappa shape index (κ1) is 18.4. The lowest BCUT2D eigenvalue weighted by molar-refractivity contribution is 0.107. The highest BCUT2D eigenvalue weighted by Gasteiger charge is 2.20. The second-order valence-electron chi connectivity index (χ2n) is 5.23. The van der Waals surface area contributed by atoms with Crippen LogP contribution in [0.4, 0.5) is 4.39 Å². The first-order valence-corrected chi connectivity index (χ1v) is 8.79. The Balaban J connectivity index is 2.17. The summed E-state index contributed by atoms with van der Waals surface area (Å²) in [5.41, 5.74) is 1.89. The minimum Gasteiger partial charge on any atom is -0.494 e. The van der Waals surface area contributed by atoms with Crippen LogP contribution in [0, 0.1) is 12.7 Å². The molecule has 0 aromatic heterocycles. The van der Waals surface area contributed by atoms with Crippen molar-refractivity contribution in [2.45, 2.75) is 17.9 Å². The average molecular weight is 353 g/mol. The predicted molar refractivity (Wildman–Crippen MR) is 89.1 cm³/mol. The summed E-state index contributed by atoms with van der Waals surface area (Å²) in [6, 6.07) is 11.1. The Hall–Kier alpha value is -1.96. The maximum Gasteiger partial charge on any atom is 0.240 e. The molecule has 0 bridgehead atoms. The molecule has 5 nitrogen and oxygen atoms in total. The molecule has 0 radical (unpaired) electrons. The number of ether oxygens (including phenoxy) is 2. The summed E-state index contributed by atoms with van der Waals surface area (Å²) in [6.07, 6.45) is -0.441. The first-order chi connectivity index (χ1) is 11.4. The Bertz CT molecular complexity index is 808. The van der Waals surface area contributed by atoms with E-state index >= 15 is 0 Å². The number of hydrogen-bond donors (Lipinski definition) is 1. The molecule has 0 spiro atoms. The predicted octanol–water partition coefficient (Wildman–Crippen LogP) is 2.81. The molecule has 0 amide bonds. The molecule has 2 aromatic rings. The SMILES string of the molecule is COc1ccc(S(=O)(=O)NCC(OC)c2ccccc2C)cc1F. The maximum atomic E-state index is 13.7. The van der Waals surface area contributed by atoms with E-state index in [2.05, 4.69) is 4.72 Å². The lowest BCUT2D eigenvalue weighted by Gasteiger charge is -2.18. The van der Waals surface area contributed by atoms with Crippen LogP contribution in [0.25, 0.3) is 0 Å². The van der Waals surface area contributed by atoms with Crippen LogP contribution >= 0.6 is 0 Å². The molecular formula is C17H20FNO4S. The summed E-state index contributed by atoms with van der Waals surface area (Å²) in [7, 11) is -1.03. The van der Waals surface area contributed by atoms with Gasteiger partial charge >= 0.3 is 0 Å². The van der Waals surface area contributed by atoms with E-state index in [0.717, 1.165) is 17.2 Å². The summed E-state index contributed by atoms with van der Waals surface area (Å²) in [5, 5.41) is 0. The Morgan fingerprint density at radius 2 is 1.88 bits per heavy atom. The fraction of sp³-hybridized carbons (Fsp3) is 0.294. The molecule has 2 aromatic carbocycles. The molecule has 7 heteroatoms. The van der Waals surface area contributed by atoms with Gasteiger partial charge in [0.15, 0.2) is 11.6 Å². The zero-order valence-electron chi connectivity index (χ0n) is 13.7. The number of benzene rings is 2. The van der Waals surface area contributed by atoms with Crippen molar-refractivity contribution < 1.29 is 22.3 Å². The number of methoxy groups -OCH3 is 2. The number of halogens is 1. The van der Waals surface area contributed by atoms with Gasteiger partial charge in [-0.25, -0.2) is 17.5 Å². The third-order valence-electron chi connectivity index (χ3n) is 3.71. The minimum atomic E-state index is -3.86. The molecule has 0 aliphatic carbocycles. The molecule has 0 aliphatic rings. The van der Waals surface area contributed by atoms with Crippen molar-refractivity contribution in [3.05, 3.63) is 59.4 Å². The number of sulfonamides is 1. The van der Waals surface area contributed by atoms with Gasteiger partial charge in [0.05, 0.1) is 18.1 Å². The van der Waals surface area contributed by atoms with Crippen molar-refractivity contribution in [3.63, 3.8) is 0 Å². The molecule has 0 heterocycles. The Kier molecular flexibility index (Phi) is 5.93. The fourth-order valence-electron chi connectivity index (χ4n) is 2.35. The third-order valence-corrected chi connectivity index (χ3v) is 5.13. The lowest BCUT2D eigenvalue weighted by Crippen LogP contribution is -2.29. The fourth-order valence-corrected chi connectivity index (χ4v) is 3.39. The average Bonchev–Trinajstić information content (AvgIpc) is 2.56. The topological polar surface area (TPSA) is 64.6 Å². The summed E-state index contributed by atoms with van der Waals surface area (Å²) >= 11 is 0. The molecule has 0 saturated heterocycles. The zero-order valence-corrected chi connectivity index (χ0v) is 14.6. The quantitative estimate of drug-likeness (QED) is 0.831. The molecule has 24 heavy (non-hydrogen) atoms. The Morgan fingerprint density at radius 3 is 2.46 bits per heavy atom. The van der Waals surface area contributed by atoms with Gasteiger partial charge in [-0.3, -0.25) is 0 Å². The smallest absolute Gasteiger partial charge is 0.240 e. The van der Waals surface area contributed by atoms with Gasteiger partial charge in [-0.05, 0) is 36.2 Å². The first-order valence-electron chi connectivity index (χ1n) is 7.30. The number of nitrogens with one attached hydrogen (secondary N) is 1. The van der Waals surface area contributed by atoms with Gasteiger partial charge < -0.3 is 9.47 Å². The van der Waals surface area contributed by atoms with Crippen LogP contribution in [0.3, 0.4) is 0 Å². The van der Waals surface area contributed by atoms with Gasteiger partial charge in [-0.15, -0.1) is 0 Å². The van der Waals surface area contributed by atoms with E-state index in [0.29, 0.717) is 0 Å². The van der Waals surface area contributed by atoms with Gasteiger partial charge in [0, 0.05) is 13.7 Å². The van der Waals surface area contributed by atoms with Crippen molar-refractivity contribution >= 4 is 10.0 Å². The molecule has 0 aliphatic heterocycles. The van der Waals surface area contributed by atoms with E-state index in [1.54, 1.807) is 0 Å². The molecule has 1 atom stereocenters. The van der Waals surface area contributed by atoms with E-state index in [1.807, 2.05) is 31.2 Å². The molecule has 0 saturated carbocycles. The Labute approximate surface area is 141 Å². The van der Waals surface area contributed by atoms with Gasteiger partial charge in [0.25, 0.3) is 0 Å². The van der Waals surface area contributed by atoms with Crippen molar-refractivity contribution in [2.75, 3.05) is 20.8 Å². The van der Waals surface area contributed by atoms with Crippen molar-refractivity contribution in [1.82, 2.24) is 4.72 Å². The number of aryl methyl sites for hydroxylation is 1. The molecule has 2 rings (SSSR count). The largest absolute Gasteiger partial charge is 0.494 e. The van der Waals surface area contributed by atoms with E-state index in [9.17, 15) is 12.8 Å². The minimum absolute atomic E-state index is 0.0105. The van der Waals surface area contributed by atoms with Gasteiger partial charge in [-0.1, -0.05) is 24.3 Å². The highest BCUT2D eigenvalue weighted by atomic mass is 32.2. The van der Waals surface area contributed by atoms with Gasteiger partial charge in [0.1, 0.15) is 0 Å². The summed E-state index contributed by atoms with van der Waals surface area (Å²) in [4.78, 5) is -0.166. The van der Waals surface area contributed by atoms with Gasteiger partial charge in [-0.2, -0.15) is 0 Å². The molecule has 1 unspecified atom stereocenters. The van der Waals surface area contributed by atoms with E-state index in [4.69, 9.17) is 9.47 Å². The van der Waals surface area contributed by atoms with Crippen molar-refractivity contribution in [3.8, 4) is 5.75 Å². The van der Waals surface area contributed by atoms with Crippen LogP contribution in [0.5, 0.6) is 5.75 Å². The van der Waals surface area contributed by atoms with Crippen LogP contribution in [0.15, 0.2) is 47.4 Å². The summed E-state index contributed by atoms with van der Waals surface area (Å²) in [5.74, 6) is -0.744. The standard InChI is InChI=1S/C17H20FNO4S/c1-12-6-4-5-7-14(12)17(23-3)11-19-24(20,21)13-8-9-16(22-2)15(18)10-13/h4-10,17,19H,11H2,1-3H3. The monoisotopic (exact) mass is 353 g/mol. The van der Waals surface area contributed by atoms with E-state index in [-0.39, 0.29) is 17.2 Å². The van der Waals surface area contributed by atoms with Crippen molar-refractivity contribution in [2.24, 2.45) is 0 Å². The number of rotatable bonds is 7. The van der Waals surface area contributed by atoms with E-state index < -0.39 is 21.9 Å². The van der Waals surface area contributed by atoms with Crippen LogP contribution in [0.2, 0.25) is 0 Å². The van der Waals surface area contributed by atoms with E-state index in [1.165, 1.54) is 26.4 Å². The van der Waals surface area contributed by atoms with Gasteiger partial charge in [0.2, 0.25) is 10.0 Å². The van der Waals surface area contributed by atoms with Crippen LogP contribution in [0.1, 0.15) is 17.2 Å². The van der Waals surface area contributed by atoms with Crippen LogP contribution in [-0.4, -0.2) is 29.2 Å².